The van der Waals surface area contributed by atoms with Crippen LogP contribution in [0.1, 0.15) is 18.7 Å². The summed E-state index contributed by atoms with van der Waals surface area (Å²) in [7, 11) is 0. The molecule has 1 amide bonds. The molecule has 122 valence electrons. The Balaban J connectivity index is 1.84. The van der Waals surface area contributed by atoms with Gasteiger partial charge in [-0.05, 0) is 38.0 Å². The van der Waals surface area contributed by atoms with Crippen LogP contribution < -0.4 is 5.32 Å². The molecule has 1 N–H and O–H groups in total. The minimum Gasteiger partial charge on any atom is -0.310 e. The number of amides is 1. The number of benzene rings is 1. The maximum absolute atomic E-state index is 13.6. The molecule has 0 bridgehead atoms. The molecule has 1 fully saturated rings. The standard InChI is InChI=1S/C16H13F2N5O/c1-8-19-14-7-13(21-16(24)9-2-3-9)20-15(23(14)22-8)10-4-5-11(17)12(18)6-10/h4-7,9H,2-3H2,1H3,(H,21,24). The Hall–Kier alpha value is -2.90. The van der Waals surface area contributed by atoms with Crippen molar-refractivity contribution in [1.82, 2.24) is 19.6 Å². The first kappa shape index (κ1) is 14.7. The summed E-state index contributed by atoms with van der Waals surface area (Å²) in [6.07, 6.45) is 1.74. The summed E-state index contributed by atoms with van der Waals surface area (Å²) in [5.74, 6) is -0.903. The molecule has 1 aliphatic rings. The van der Waals surface area contributed by atoms with E-state index in [0.29, 0.717) is 22.9 Å². The number of hydrogen-bond donors (Lipinski definition) is 1. The third kappa shape index (κ3) is 2.60. The van der Waals surface area contributed by atoms with Crippen LogP contribution in [0.2, 0.25) is 0 Å². The minimum absolute atomic E-state index is 0.0225. The van der Waals surface area contributed by atoms with Crippen molar-refractivity contribution in [3.8, 4) is 11.4 Å². The number of nitrogens with one attached hydrogen (secondary N) is 1. The van der Waals surface area contributed by atoms with Crippen molar-refractivity contribution < 1.29 is 13.6 Å². The Morgan fingerprint density at radius 1 is 1.21 bits per heavy atom. The van der Waals surface area contributed by atoms with Crippen molar-refractivity contribution in [2.24, 2.45) is 5.92 Å². The van der Waals surface area contributed by atoms with Gasteiger partial charge in [-0.3, -0.25) is 4.79 Å². The van der Waals surface area contributed by atoms with E-state index < -0.39 is 11.6 Å². The summed E-state index contributed by atoms with van der Waals surface area (Å²) in [5, 5.41) is 6.97. The second-order valence-electron chi connectivity index (χ2n) is 5.79. The number of carbonyl (C=O) groups excluding carboxylic acids is 1. The highest BCUT2D eigenvalue weighted by molar-refractivity contribution is 5.93. The number of aromatic nitrogens is 4. The van der Waals surface area contributed by atoms with Crippen LogP contribution >= 0.6 is 0 Å². The first-order valence-corrected chi connectivity index (χ1v) is 7.52. The fraction of sp³-hybridized carbons (Fsp3) is 0.250. The van der Waals surface area contributed by atoms with E-state index in [-0.39, 0.29) is 17.6 Å². The van der Waals surface area contributed by atoms with Crippen LogP contribution in [0.15, 0.2) is 24.3 Å². The summed E-state index contributed by atoms with van der Waals surface area (Å²) in [4.78, 5) is 20.6. The molecule has 6 nitrogen and oxygen atoms in total. The van der Waals surface area contributed by atoms with E-state index in [0.717, 1.165) is 25.0 Å². The van der Waals surface area contributed by atoms with Crippen LogP contribution in [0.4, 0.5) is 14.6 Å². The summed E-state index contributed by atoms with van der Waals surface area (Å²) in [6.45, 7) is 1.71. The molecule has 0 radical (unpaired) electrons. The van der Waals surface area contributed by atoms with Gasteiger partial charge in [-0.1, -0.05) is 0 Å². The van der Waals surface area contributed by atoms with E-state index in [1.807, 2.05) is 0 Å². The van der Waals surface area contributed by atoms with Crippen LogP contribution in [0.25, 0.3) is 17.0 Å². The van der Waals surface area contributed by atoms with E-state index in [1.54, 1.807) is 13.0 Å². The fourth-order valence-corrected chi connectivity index (χ4v) is 2.46. The first-order chi connectivity index (χ1) is 11.5. The number of rotatable bonds is 3. The number of halogens is 2. The topological polar surface area (TPSA) is 72.2 Å². The van der Waals surface area contributed by atoms with Gasteiger partial charge in [0.25, 0.3) is 0 Å². The van der Waals surface area contributed by atoms with Gasteiger partial charge in [-0.25, -0.2) is 18.7 Å². The molecule has 4 rings (SSSR count). The zero-order chi connectivity index (χ0) is 16.8. The highest BCUT2D eigenvalue weighted by atomic mass is 19.2. The Bertz CT molecular complexity index is 965. The largest absolute Gasteiger partial charge is 0.310 e. The summed E-state index contributed by atoms with van der Waals surface area (Å²) >= 11 is 0. The fourth-order valence-electron chi connectivity index (χ4n) is 2.46. The van der Waals surface area contributed by atoms with E-state index in [4.69, 9.17) is 0 Å². The van der Waals surface area contributed by atoms with Crippen LogP contribution in [0.5, 0.6) is 0 Å². The molecule has 2 aromatic heterocycles. The average molecular weight is 329 g/mol. The zero-order valence-corrected chi connectivity index (χ0v) is 12.8. The van der Waals surface area contributed by atoms with E-state index in [2.05, 4.69) is 20.4 Å². The lowest BCUT2D eigenvalue weighted by Crippen LogP contribution is -2.15. The van der Waals surface area contributed by atoms with Gasteiger partial charge < -0.3 is 5.32 Å². The van der Waals surface area contributed by atoms with E-state index >= 15 is 0 Å². The Morgan fingerprint density at radius 2 is 2.00 bits per heavy atom. The van der Waals surface area contributed by atoms with Gasteiger partial charge in [0.2, 0.25) is 5.91 Å². The third-order valence-electron chi connectivity index (χ3n) is 3.81. The van der Waals surface area contributed by atoms with Crippen molar-refractivity contribution in [2.45, 2.75) is 19.8 Å². The molecule has 3 aromatic rings. The summed E-state index contributed by atoms with van der Waals surface area (Å²) < 4.78 is 28.2. The van der Waals surface area contributed by atoms with Crippen LogP contribution in [-0.2, 0) is 4.79 Å². The molecular formula is C16H13F2N5O. The van der Waals surface area contributed by atoms with Crippen LogP contribution in [0.3, 0.4) is 0 Å². The zero-order valence-electron chi connectivity index (χ0n) is 12.8. The van der Waals surface area contributed by atoms with Crippen LogP contribution in [-0.4, -0.2) is 25.5 Å². The molecule has 2 heterocycles. The van der Waals surface area contributed by atoms with Gasteiger partial charge in [-0.2, -0.15) is 4.52 Å². The van der Waals surface area contributed by atoms with Crippen molar-refractivity contribution in [3.63, 3.8) is 0 Å². The number of hydrogen-bond acceptors (Lipinski definition) is 4. The van der Waals surface area contributed by atoms with Crippen molar-refractivity contribution >= 4 is 17.4 Å². The predicted molar refractivity (Wildman–Crippen MR) is 82.2 cm³/mol. The van der Waals surface area contributed by atoms with Gasteiger partial charge in [0.05, 0.1) is 0 Å². The summed E-state index contributed by atoms with van der Waals surface area (Å²) in [6, 6.07) is 5.07. The summed E-state index contributed by atoms with van der Waals surface area (Å²) in [5.41, 5.74) is 0.805. The number of nitrogens with zero attached hydrogens (tertiary/aromatic N) is 4. The number of anilines is 1. The maximum Gasteiger partial charge on any atom is 0.228 e. The lowest BCUT2D eigenvalue weighted by molar-refractivity contribution is -0.117. The molecule has 0 aliphatic heterocycles. The number of carbonyl (C=O) groups is 1. The lowest BCUT2D eigenvalue weighted by Gasteiger charge is -2.08. The molecular weight excluding hydrogens is 316 g/mol. The molecule has 8 heteroatoms. The van der Waals surface area contributed by atoms with Gasteiger partial charge in [-0.15, -0.1) is 5.10 Å². The Morgan fingerprint density at radius 3 is 2.71 bits per heavy atom. The molecule has 0 unspecified atom stereocenters. The van der Waals surface area contributed by atoms with Crippen molar-refractivity contribution in [1.29, 1.82) is 0 Å². The molecule has 1 aliphatic carbocycles. The third-order valence-corrected chi connectivity index (χ3v) is 3.81. The second-order valence-corrected chi connectivity index (χ2v) is 5.79. The van der Waals surface area contributed by atoms with E-state index in [1.165, 1.54) is 10.6 Å². The van der Waals surface area contributed by atoms with Gasteiger partial charge in [0, 0.05) is 17.5 Å². The normalized spacial score (nSPS) is 14.1. The number of fused-ring (bicyclic) bond motifs is 1. The molecule has 24 heavy (non-hydrogen) atoms. The Kier molecular flexibility index (Phi) is 3.26. The predicted octanol–water partition coefficient (Wildman–Crippen LogP) is 2.73. The SMILES string of the molecule is Cc1nc2cc(NC(=O)C3CC3)nc(-c3ccc(F)c(F)c3)n2n1. The van der Waals surface area contributed by atoms with Crippen molar-refractivity contribution in [3.05, 3.63) is 41.7 Å². The highest BCUT2D eigenvalue weighted by Gasteiger charge is 2.30. The van der Waals surface area contributed by atoms with Crippen LogP contribution in [0, 0.1) is 24.5 Å². The molecule has 0 atom stereocenters. The van der Waals surface area contributed by atoms with Gasteiger partial charge >= 0.3 is 0 Å². The minimum atomic E-state index is -0.980. The molecule has 1 saturated carbocycles. The quantitative estimate of drug-likeness (QED) is 0.802. The van der Waals surface area contributed by atoms with E-state index in [9.17, 15) is 13.6 Å². The van der Waals surface area contributed by atoms with Gasteiger partial charge in [0.15, 0.2) is 23.1 Å². The monoisotopic (exact) mass is 329 g/mol. The lowest BCUT2D eigenvalue weighted by atomic mass is 10.2. The average Bonchev–Trinajstić information content (AvgIpc) is 3.31. The Labute approximate surface area is 135 Å². The highest BCUT2D eigenvalue weighted by Crippen LogP contribution is 2.30. The second kappa shape index (κ2) is 5.33. The first-order valence-electron chi connectivity index (χ1n) is 7.52. The number of aryl methyl sites for hydroxylation is 1. The van der Waals surface area contributed by atoms with Gasteiger partial charge in [0.1, 0.15) is 11.6 Å². The van der Waals surface area contributed by atoms with Crippen molar-refractivity contribution in [2.75, 3.05) is 5.32 Å². The molecule has 1 aromatic carbocycles. The maximum atomic E-state index is 13.6. The molecule has 0 spiro atoms. The smallest absolute Gasteiger partial charge is 0.228 e. The molecule has 0 saturated heterocycles.